The van der Waals surface area contributed by atoms with Crippen molar-refractivity contribution in [1.82, 2.24) is 10.2 Å². The second-order valence-electron chi connectivity index (χ2n) is 7.78. The fourth-order valence-corrected chi connectivity index (χ4v) is 3.84. The van der Waals surface area contributed by atoms with Crippen LogP contribution in [0.15, 0.2) is 0 Å². The molecular weight excluding hydrogens is 244 g/mol. The van der Waals surface area contributed by atoms with Gasteiger partial charge in [0, 0.05) is 19.1 Å². The van der Waals surface area contributed by atoms with Gasteiger partial charge in [-0.25, -0.2) is 0 Å². The lowest BCUT2D eigenvalue weighted by Gasteiger charge is -2.44. The van der Waals surface area contributed by atoms with Gasteiger partial charge in [0.2, 0.25) is 0 Å². The monoisotopic (exact) mass is 282 g/mol. The summed E-state index contributed by atoms with van der Waals surface area (Å²) < 4.78 is 0. The molecule has 20 heavy (non-hydrogen) atoms. The third-order valence-corrected chi connectivity index (χ3v) is 5.36. The van der Waals surface area contributed by atoms with Crippen LogP contribution in [0.25, 0.3) is 0 Å². The summed E-state index contributed by atoms with van der Waals surface area (Å²) >= 11 is 0. The lowest BCUT2D eigenvalue weighted by molar-refractivity contribution is 0.0658. The van der Waals surface area contributed by atoms with Crippen molar-refractivity contribution >= 4 is 0 Å². The van der Waals surface area contributed by atoms with Crippen LogP contribution in [-0.2, 0) is 0 Å². The van der Waals surface area contributed by atoms with E-state index in [1.165, 1.54) is 51.7 Å². The Morgan fingerprint density at radius 3 is 2.55 bits per heavy atom. The van der Waals surface area contributed by atoms with Crippen molar-refractivity contribution in [3.63, 3.8) is 0 Å². The van der Waals surface area contributed by atoms with Gasteiger partial charge in [0.25, 0.3) is 0 Å². The maximum Gasteiger partial charge on any atom is 0.00871 e. The summed E-state index contributed by atoms with van der Waals surface area (Å²) in [6.07, 6.45) is 6.89. The lowest BCUT2D eigenvalue weighted by atomic mass is 9.69. The fourth-order valence-electron chi connectivity index (χ4n) is 3.84. The van der Waals surface area contributed by atoms with Crippen LogP contribution in [0, 0.1) is 17.3 Å². The number of hydrogen-bond donors (Lipinski definition) is 1. The highest BCUT2D eigenvalue weighted by atomic mass is 15.1. The van der Waals surface area contributed by atoms with E-state index in [0.29, 0.717) is 11.5 Å². The van der Waals surface area contributed by atoms with Crippen LogP contribution in [0.5, 0.6) is 0 Å². The van der Waals surface area contributed by atoms with E-state index in [4.69, 9.17) is 0 Å². The summed E-state index contributed by atoms with van der Waals surface area (Å²) in [5, 5.41) is 3.71. The van der Waals surface area contributed by atoms with Crippen LogP contribution in [0.4, 0.5) is 0 Å². The molecule has 2 heteroatoms. The number of nitrogens with one attached hydrogen (secondary N) is 1. The highest BCUT2D eigenvalue weighted by Gasteiger charge is 2.36. The van der Waals surface area contributed by atoms with Crippen LogP contribution in [0.3, 0.4) is 0 Å². The minimum Gasteiger partial charge on any atom is -0.316 e. The van der Waals surface area contributed by atoms with Crippen LogP contribution in [-0.4, -0.2) is 37.6 Å². The van der Waals surface area contributed by atoms with Crippen molar-refractivity contribution in [2.75, 3.05) is 26.7 Å². The molecule has 2 nitrogen and oxygen atoms in total. The summed E-state index contributed by atoms with van der Waals surface area (Å²) in [6.45, 7) is 15.4. The first-order chi connectivity index (χ1) is 9.40. The molecule has 3 unspecified atom stereocenters. The van der Waals surface area contributed by atoms with E-state index in [1.807, 2.05) is 0 Å². The summed E-state index contributed by atoms with van der Waals surface area (Å²) in [5.41, 5.74) is 0.505. The quantitative estimate of drug-likeness (QED) is 0.673. The first kappa shape index (κ1) is 18.0. The Morgan fingerprint density at radius 2 is 2.00 bits per heavy atom. The topological polar surface area (TPSA) is 15.3 Å². The molecule has 1 fully saturated rings. The molecule has 0 aliphatic heterocycles. The van der Waals surface area contributed by atoms with Gasteiger partial charge in [-0.3, -0.25) is 0 Å². The second-order valence-corrected chi connectivity index (χ2v) is 7.78. The second kappa shape index (κ2) is 8.38. The molecule has 1 N–H and O–H groups in total. The molecule has 3 atom stereocenters. The molecule has 0 aromatic heterocycles. The van der Waals surface area contributed by atoms with Crippen LogP contribution >= 0.6 is 0 Å². The van der Waals surface area contributed by atoms with Crippen LogP contribution in [0.1, 0.15) is 66.7 Å². The molecule has 0 aromatic rings. The highest BCUT2D eigenvalue weighted by molar-refractivity contribution is 4.90. The number of hydrogen-bond acceptors (Lipinski definition) is 2. The smallest absolute Gasteiger partial charge is 0.00871 e. The van der Waals surface area contributed by atoms with Gasteiger partial charge in [-0.15, -0.1) is 0 Å². The Balaban J connectivity index is 2.66. The molecule has 0 aromatic carbocycles. The van der Waals surface area contributed by atoms with Crippen molar-refractivity contribution in [2.45, 2.75) is 72.8 Å². The Labute approximate surface area is 127 Å². The Hall–Kier alpha value is -0.0800. The maximum atomic E-state index is 3.71. The van der Waals surface area contributed by atoms with E-state index in [2.05, 4.69) is 51.9 Å². The SMILES string of the molecule is CCCNCC1(CN(C)C(C)C(C)C)CCCC(C)C1. The van der Waals surface area contributed by atoms with E-state index >= 15 is 0 Å². The van der Waals surface area contributed by atoms with E-state index in [9.17, 15) is 0 Å². The maximum absolute atomic E-state index is 3.71. The Morgan fingerprint density at radius 1 is 1.30 bits per heavy atom. The predicted octanol–water partition coefficient (Wildman–Crippen LogP) is 4.16. The molecule has 0 bridgehead atoms. The first-order valence-corrected chi connectivity index (χ1v) is 8.81. The van der Waals surface area contributed by atoms with Crippen LogP contribution < -0.4 is 5.32 Å². The van der Waals surface area contributed by atoms with E-state index < -0.39 is 0 Å². The number of rotatable bonds is 8. The Bertz CT molecular complexity index is 264. The average molecular weight is 283 g/mol. The first-order valence-electron chi connectivity index (χ1n) is 8.81. The normalized spacial score (nSPS) is 29.1. The predicted molar refractivity (Wildman–Crippen MR) is 90.2 cm³/mol. The summed E-state index contributed by atoms with van der Waals surface area (Å²) in [4.78, 5) is 2.61. The molecule has 0 heterocycles. The molecule has 120 valence electrons. The fraction of sp³-hybridized carbons (Fsp3) is 1.00. The van der Waals surface area contributed by atoms with Crippen molar-refractivity contribution < 1.29 is 0 Å². The largest absolute Gasteiger partial charge is 0.316 e. The molecular formula is C18H38N2. The van der Waals surface area contributed by atoms with Crippen molar-refractivity contribution in [3.05, 3.63) is 0 Å². The summed E-state index contributed by atoms with van der Waals surface area (Å²) in [7, 11) is 2.32. The molecule has 1 rings (SSSR count). The van der Waals surface area contributed by atoms with Gasteiger partial charge >= 0.3 is 0 Å². The minimum absolute atomic E-state index is 0.505. The zero-order valence-electron chi connectivity index (χ0n) is 14.8. The van der Waals surface area contributed by atoms with Crippen molar-refractivity contribution in [3.8, 4) is 0 Å². The lowest BCUT2D eigenvalue weighted by Crippen LogP contribution is -2.48. The molecule has 1 saturated carbocycles. The third kappa shape index (κ3) is 5.37. The molecule has 0 saturated heterocycles. The molecule has 1 aliphatic carbocycles. The molecule has 0 amide bonds. The third-order valence-electron chi connectivity index (χ3n) is 5.36. The zero-order valence-corrected chi connectivity index (χ0v) is 14.8. The summed E-state index contributed by atoms with van der Waals surface area (Å²) in [6, 6.07) is 0.676. The molecule has 0 radical (unpaired) electrons. The van der Waals surface area contributed by atoms with Gasteiger partial charge in [0.15, 0.2) is 0 Å². The van der Waals surface area contributed by atoms with Gasteiger partial charge in [0.1, 0.15) is 0 Å². The molecule has 1 aliphatic rings. The Kier molecular flexibility index (Phi) is 7.53. The van der Waals surface area contributed by atoms with Gasteiger partial charge in [-0.05, 0) is 57.0 Å². The molecule has 0 spiro atoms. The van der Waals surface area contributed by atoms with E-state index in [0.717, 1.165) is 11.8 Å². The average Bonchev–Trinajstić information content (AvgIpc) is 2.37. The van der Waals surface area contributed by atoms with E-state index in [-0.39, 0.29) is 0 Å². The summed E-state index contributed by atoms with van der Waals surface area (Å²) in [5.74, 6) is 1.64. The van der Waals surface area contributed by atoms with Gasteiger partial charge in [-0.2, -0.15) is 0 Å². The van der Waals surface area contributed by atoms with Crippen molar-refractivity contribution in [1.29, 1.82) is 0 Å². The standard InChI is InChI=1S/C18H38N2/c1-7-11-19-13-18(10-8-9-16(4)12-18)14-20(6)17(5)15(2)3/h15-17,19H,7-14H2,1-6H3. The highest BCUT2D eigenvalue weighted by Crippen LogP contribution is 2.40. The van der Waals surface area contributed by atoms with Gasteiger partial charge in [0.05, 0.1) is 0 Å². The van der Waals surface area contributed by atoms with Gasteiger partial charge in [-0.1, -0.05) is 40.5 Å². The number of nitrogens with zero attached hydrogens (tertiary/aromatic N) is 1. The minimum atomic E-state index is 0.505. The van der Waals surface area contributed by atoms with E-state index in [1.54, 1.807) is 0 Å². The van der Waals surface area contributed by atoms with Crippen molar-refractivity contribution in [2.24, 2.45) is 17.3 Å². The zero-order chi connectivity index (χ0) is 15.2. The van der Waals surface area contributed by atoms with Gasteiger partial charge < -0.3 is 10.2 Å². The van der Waals surface area contributed by atoms with Crippen LogP contribution in [0.2, 0.25) is 0 Å².